The van der Waals surface area contributed by atoms with Crippen LogP contribution in [0.4, 0.5) is 10.6 Å². The molecule has 2 N–H and O–H groups in total. The molecule has 1 amide bonds. The Kier molecular flexibility index (Phi) is 5.12. The van der Waals surface area contributed by atoms with E-state index in [2.05, 4.69) is 30.4 Å². The van der Waals surface area contributed by atoms with Crippen molar-refractivity contribution in [3.8, 4) is 0 Å². The van der Waals surface area contributed by atoms with E-state index in [4.69, 9.17) is 0 Å². The third-order valence-corrected chi connectivity index (χ3v) is 3.17. The lowest BCUT2D eigenvalue weighted by molar-refractivity contribution is 0.121. The molecule has 0 aliphatic carbocycles. The number of halogens is 1. The highest BCUT2D eigenvalue weighted by Gasteiger charge is 2.17. The molecule has 0 aliphatic heterocycles. The van der Waals surface area contributed by atoms with E-state index < -0.39 is 22.4 Å². The smallest absolute Gasteiger partial charge is 0.422 e. The molecule has 1 rings (SSSR count). The number of hydrogen-bond donors (Lipinski definition) is 2. The summed E-state index contributed by atoms with van der Waals surface area (Å²) in [4.78, 5) is 15.1. The lowest BCUT2D eigenvalue weighted by Crippen LogP contribution is -2.37. The second kappa shape index (κ2) is 6.20. The number of pyridine rings is 1. The summed E-state index contributed by atoms with van der Waals surface area (Å²) in [6, 6.07) is 1.69. The number of hydrogen-bond acceptors (Lipinski definition) is 5. The molecule has 1 aromatic heterocycles. The van der Waals surface area contributed by atoms with Crippen LogP contribution in [0.25, 0.3) is 0 Å². The van der Waals surface area contributed by atoms with Crippen LogP contribution in [0.5, 0.6) is 0 Å². The Hall–Kier alpha value is -1.35. The summed E-state index contributed by atoms with van der Waals surface area (Å²) < 4.78 is 32.6. The number of amides is 1. The highest BCUT2D eigenvalue weighted by atomic mass is 79.9. The van der Waals surface area contributed by atoms with Gasteiger partial charge in [0, 0.05) is 10.7 Å². The van der Waals surface area contributed by atoms with Crippen molar-refractivity contribution in [3.63, 3.8) is 0 Å². The molecule has 106 valence electrons. The summed E-state index contributed by atoms with van der Waals surface area (Å²) in [7, 11) is -4.07. The molecule has 0 unspecified atom stereocenters. The van der Waals surface area contributed by atoms with Crippen molar-refractivity contribution in [1.82, 2.24) is 9.71 Å². The van der Waals surface area contributed by atoms with Crippen LogP contribution in [-0.4, -0.2) is 25.6 Å². The fourth-order valence-corrected chi connectivity index (χ4v) is 2.38. The van der Waals surface area contributed by atoms with Crippen molar-refractivity contribution >= 4 is 38.1 Å². The van der Waals surface area contributed by atoms with Gasteiger partial charge in [-0.15, -0.1) is 0 Å². The number of rotatable bonds is 4. The first-order valence-corrected chi connectivity index (χ1v) is 7.60. The summed E-state index contributed by atoms with van der Waals surface area (Å²) in [5.41, 5.74) is 0.608. The highest BCUT2D eigenvalue weighted by molar-refractivity contribution is 9.10. The molecule has 7 nitrogen and oxygen atoms in total. The van der Waals surface area contributed by atoms with E-state index in [1.54, 1.807) is 31.6 Å². The monoisotopic (exact) mass is 351 g/mol. The Labute approximate surface area is 120 Å². The third kappa shape index (κ3) is 5.43. The predicted molar refractivity (Wildman–Crippen MR) is 74.0 cm³/mol. The molecule has 0 aliphatic rings. The van der Waals surface area contributed by atoms with Crippen molar-refractivity contribution in [1.29, 1.82) is 0 Å². The standard InChI is InChI=1S/C10H14BrN3O4S/c1-6(2)18-10(15)14-19(16,17)13-9-7(3)4-8(11)5-12-9/h4-6H,1-3H3,(H,12,13)(H,14,15). The van der Waals surface area contributed by atoms with Crippen molar-refractivity contribution in [2.75, 3.05) is 4.72 Å². The second-order valence-corrected chi connectivity index (χ2v) is 6.31. The van der Waals surface area contributed by atoms with E-state index >= 15 is 0 Å². The van der Waals surface area contributed by atoms with Gasteiger partial charge in [0.15, 0.2) is 0 Å². The Morgan fingerprint density at radius 2 is 2.11 bits per heavy atom. The van der Waals surface area contributed by atoms with Gasteiger partial charge in [0.05, 0.1) is 6.10 Å². The van der Waals surface area contributed by atoms with Crippen LogP contribution in [0, 0.1) is 6.92 Å². The van der Waals surface area contributed by atoms with Gasteiger partial charge in [-0.3, -0.25) is 0 Å². The van der Waals surface area contributed by atoms with Crippen LogP contribution >= 0.6 is 15.9 Å². The van der Waals surface area contributed by atoms with E-state index in [0.29, 0.717) is 5.56 Å². The van der Waals surface area contributed by atoms with Crippen molar-refractivity contribution in [2.45, 2.75) is 26.9 Å². The topological polar surface area (TPSA) is 97.4 Å². The number of carbonyl (C=O) groups excluding carboxylic acids is 1. The quantitative estimate of drug-likeness (QED) is 0.863. The van der Waals surface area contributed by atoms with E-state index in [0.717, 1.165) is 4.47 Å². The van der Waals surface area contributed by atoms with Gasteiger partial charge in [-0.1, -0.05) is 0 Å². The molecule has 0 fully saturated rings. The predicted octanol–water partition coefficient (Wildman–Crippen LogP) is 1.94. The van der Waals surface area contributed by atoms with Gasteiger partial charge in [-0.2, -0.15) is 8.42 Å². The van der Waals surface area contributed by atoms with Gasteiger partial charge in [0.2, 0.25) is 0 Å². The maximum atomic E-state index is 11.7. The van der Waals surface area contributed by atoms with Gasteiger partial charge in [0.1, 0.15) is 5.82 Å². The van der Waals surface area contributed by atoms with E-state index in [1.165, 1.54) is 6.20 Å². The molecule has 0 radical (unpaired) electrons. The number of ether oxygens (including phenoxy) is 1. The maximum absolute atomic E-state index is 11.7. The lowest BCUT2D eigenvalue weighted by atomic mass is 10.3. The minimum atomic E-state index is -4.07. The van der Waals surface area contributed by atoms with Crippen LogP contribution in [0.3, 0.4) is 0 Å². The van der Waals surface area contributed by atoms with Crippen molar-refractivity contribution in [3.05, 3.63) is 22.3 Å². The molecule has 0 saturated heterocycles. The zero-order valence-electron chi connectivity index (χ0n) is 10.6. The van der Waals surface area contributed by atoms with Crippen LogP contribution in [-0.2, 0) is 14.9 Å². The average molecular weight is 352 g/mol. The zero-order chi connectivity index (χ0) is 14.6. The molecule has 0 atom stereocenters. The molecule has 19 heavy (non-hydrogen) atoms. The molecule has 9 heteroatoms. The molecular weight excluding hydrogens is 338 g/mol. The SMILES string of the molecule is Cc1cc(Br)cnc1NS(=O)(=O)NC(=O)OC(C)C. The first-order valence-electron chi connectivity index (χ1n) is 5.33. The first-order chi connectivity index (χ1) is 8.69. The summed E-state index contributed by atoms with van der Waals surface area (Å²) in [6.07, 6.45) is -0.0166. The number of nitrogens with one attached hydrogen (secondary N) is 2. The van der Waals surface area contributed by atoms with Gasteiger partial charge in [0.25, 0.3) is 0 Å². The number of anilines is 1. The number of carbonyl (C=O) groups is 1. The second-order valence-electron chi connectivity index (χ2n) is 3.98. The minimum Gasteiger partial charge on any atom is -0.446 e. The Morgan fingerprint density at radius 1 is 1.47 bits per heavy atom. The summed E-state index contributed by atoms with van der Waals surface area (Å²) in [6.45, 7) is 4.90. The maximum Gasteiger partial charge on any atom is 0.422 e. The molecule has 1 aromatic rings. The van der Waals surface area contributed by atoms with Crippen molar-refractivity contribution in [2.24, 2.45) is 0 Å². The van der Waals surface area contributed by atoms with E-state index in [9.17, 15) is 13.2 Å². The Bertz CT molecular complexity index is 574. The molecule has 0 saturated carbocycles. The fraction of sp³-hybridized carbons (Fsp3) is 0.400. The third-order valence-electron chi connectivity index (χ3n) is 1.84. The lowest BCUT2D eigenvalue weighted by Gasteiger charge is -2.12. The first kappa shape index (κ1) is 15.7. The van der Waals surface area contributed by atoms with Crippen LogP contribution in [0.1, 0.15) is 19.4 Å². The van der Waals surface area contributed by atoms with Crippen molar-refractivity contribution < 1.29 is 17.9 Å². The average Bonchev–Trinajstić information content (AvgIpc) is 2.19. The van der Waals surface area contributed by atoms with Gasteiger partial charge < -0.3 is 4.74 Å². The fourth-order valence-electron chi connectivity index (χ4n) is 1.15. The molecule has 1 heterocycles. The number of nitrogens with zero attached hydrogens (tertiary/aromatic N) is 1. The molecular formula is C10H14BrN3O4S. The molecule has 0 spiro atoms. The van der Waals surface area contributed by atoms with E-state index in [-0.39, 0.29) is 5.82 Å². The minimum absolute atomic E-state index is 0.132. The van der Waals surface area contributed by atoms with Gasteiger partial charge in [-0.25, -0.2) is 19.2 Å². The van der Waals surface area contributed by atoms with Crippen LogP contribution in [0.15, 0.2) is 16.7 Å². The van der Waals surface area contributed by atoms with Crippen LogP contribution < -0.4 is 9.44 Å². The van der Waals surface area contributed by atoms with Gasteiger partial charge >= 0.3 is 16.3 Å². The van der Waals surface area contributed by atoms with Crippen LogP contribution in [0.2, 0.25) is 0 Å². The summed E-state index contributed by atoms with van der Waals surface area (Å²) in [5, 5.41) is 0. The summed E-state index contributed by atoms with van der Waals surface area (Å²) in [5.74, 6) is 0.132. The molecule has 0 bridgehead atoms. The van der Waals surface area contributed by atoms with Gasteiger partial charge in [-0.05, 0) is 48.3 Å². The molecule has 0 aromatic carbocycles. The Balaban J connectivity index is 2.77. The number of aromatic nitrogens is 1. The Morgan fingerprint density at radius 3 is 2.63 bits per heavy atom. The zero-order valence-corrected chi connectivity index (χ0v) is 13.0. The number of aryl methyl sites for hydroxylation is 1. The summed E-state index contributed by atoms with van der Waals surface area (Å²) >= 11 is 3.21. The van der Waals surface area contributed by atoms with E-state index in [1.807, 2.05) is 0 Å². The normalized spacial score (nSPS) is 11.2. The highest BCUT2D eigenvalue weighted by Crippen LogP contribution is 2.17. The largest absolute Gasteiger partial charge is 0.446 e.